The van der Waals surface area contributed by atoms with Crippen LogP contribution in [-0.4, -0.2) is 22.4 Å². The molecule has 0 radical (unpaired) electrons. The van der Waals surface area contributed by atoms with Gasteiger partial charge < -0.3 is 10.8 Å². The van der Waals surface area contributed by atoms with Gasteiger partial charge in [-0.3, -0.25) is 9.59 Å². The summed E-state index contributed by atoms with van der Waals surface area (Å²) in [6.07, 6.45) is 0.385. The van der Waals surface area contributed by atoms with Crippen molar-refractivity contribution in [2.75, 3.05) is 0 Å². The summed E-state index contributed by atoms with van der Waals surface area (Å²) in [7, 11) is 0. The average Bonchev–Trinajstić information content (AvgIpc) is 2.18. The van der Waals surface area contributed by atoms with Gasteiger partial charge in [-0.15, -0.1) is 12.4 Å². The maximum Gasteiger partial charge on any atom is 0.320 e. The first-order chi connectivity index (χ1) is 7.43. The second-order valence-electron chi connectivity index (χ2n) is 3.10. The minimum absolute atomic E-state index is 0. The van der Waals surface area contributed by atoms with E-state index in [2.05, 4.69) is 11.6 Å². The molecule has 6 heteroatoms. The second kappa shape index (κ2) is 10.1. The van der Waals surface area contributed by atoms with Gasteiger partial charge >= 0.3 is 5.97 Å². The van der Waals surface area contributed by atoms with Crippen molar-refractivity contribution in [3.63, 3.8) is 0 Å². The van der Waals surface area contributed by atoms with Crippen LogP contribution in [0, 0.1) is 0 Å². The van der Waals surface area contributed by atoms with Crippen molar-refractivity contribution >= 4 is 35.2 Å². The number of carbonyl (C=O) groups excluding carboxylic acids is 1. The predicted octanol–water partition coefficient (Wildman–Crippen LogP) is 1.83. The highest BCUT2D eigenvalue weighted by molar-refractivity contribution is 6.62. The van der Waals surface area contributed by atoms with Gasteiger partial charge in [0.15, 0.2) is 0 Å². The first-order valence-corrected chi connectivity index (χ1v) is 4.99. The van der Waals surface area contributed by atoms with Crippen LogP contribution in [-0.2, 0) is 16.0 Å². The highest BCUT2D eigenvalue weighted by Gasteiger charge is 2.10. The van der Waals surface area contributed by atoms with Crippen molar-refractivity contribution in [3.8, 4) is 0 Å². The zero-order chi connectivity index (χ0) is 12.6. The fourth-order valence-electron chi connectivity index (χ4n) is 0.955. The molecule has 0 aliphatic rings. The van der Waals surface area contributed by atoms with Gasteiger partial charge in [0.1, 0.15) is 6.04 Å². The number of halogens is 2. The van der Waals surface area contributed by atoms with E-state index >= 15 is 0 Å². The van der Waals surface area contributed by atoms with E-state index in [4.69, 9.17) is 10.8 Å². The molecule has 17 heavy (non-hydrogen) atoms. The Hall–Kier alpha value is -1.10. The van der Waals surface area contributed by atoms with Gasteiger partial charge in [0.2, 0.25) is 5.24 Å². The van der Waals surface area contributed by atoms with E-state index in [0.717, 1.165) is 5.56 Å². The molecule has 0 saturated carbocycles. The van der Waals surface area contributed by atoms with Crippen molar-refractivity contribution in [2.45, 2.75) is 19.4 Å². The summed E-state index contributed by atoms with van der Waals surface area (Å²) in [5, 5.41) is 8.16. The summed E-state index contributed by atoms with van der Waals surface area (Å²) in [6, 6.07) is 8.54. The molecule has 1 atom stereocenters. The van der Waals surface area contributed by atoms with E-state index in [1.165, 1.54) is 6.92 Å². The molecule has 0 bridgehead atoms. The summed E-state index contributed by atoms with van der Waals surface area (Å²) >= 11 is 4.64. The van der Waals surface area contributed by atoms with Crippen molar-refractivity contribution in [1.82, 2.24) is 0 Å². The topological polar surface area (TPSA) is 80.4 Å². The van der Waals surface area contributed by atoms with Crippen LogP contribution in [0.15, 0.2) is 30.3 Å². The molecule has 1 aromatic carbocycles. The van der Waals surface area contributed by atoms with E-state index < -0.39 is 12.0 Å². The van der Waals surface area contributed by atoms with Crippen LogP contribution in [0.2, 0.25) is 0 Å². The Balaban J connectivity index is 0. The molecule has 0 heterocycles. The number of carboxylic acids is 1. The lowest BCUT2D eigenvalue weighted by molar-refractivity contribution is -0.138. The maximum atomic E-state index is 10.4. The standard InChI is InChI=1S/C9H11NO2.C2H3ClO.ClH/c10-8(9(11)12)6-7-4-2-1-3-5-7;1-2(3)4;/h1-5,8H,6,10H2,(H,11,12);1H3;1H/t8-;;/m0../s1. The number of benzene rings is 1. The monoisotopic (exact) mass is 279 g/mol. The molecule has 0 saturated heterocycles. The van der Waals surface area contributed by atoms with Crippen LogP contribution in [0.5, 0.6) is 0 Å². The van der Waals surface area contributed by atoms with E-state index in [1.54, 1.807) is 0 Å². The third-order valence-electron chi connectivity index (χ3n) is 1.62. The molecule has 96 valence electrons. The molecular formula is C11H15Cl2NO3. The number of nitrogens with two attached hydrogens (primary N) is 1. The number of hydrogen-bond acceptors (Lipinski definition) is 3. The summed E-state index contributed by atoms with van der Waals surface area (Å²) in [4.78, 5) is 19.6. The van der Waals surface area contributed by atoms with Gasteiger partial charge in [-0.25, -0.2) is 0 Å². The highest BCUT2D eigenvalue weighted by atomic mass is 35.5. The maximum absolute atomic E-state index is 10.4. The molecule has 0 aliphatic carbocycles. The number of hydrogen-bond donors (Lipinski definition) is 2. The Kier molecular flexibility index (Phi) is 10.8. The molecule has 0 unspecified atom stereocenters. The van der Waals surface area contributed by atoms with Crippen molar-refractivity contribution in [3.05, 3.63) is 35.9 Å². The summed E-state index contributed by atoms with van der Waals surface area (Å²) in [5.41, 5.74) is 6.30. The fraction of sp³-hybridized carbons (Fsp3) is 0.273. The van der Waals surface area contributed by atoms with E-state index in [-0.39, 0.29) is 17.6 Å². The van der Waals surface area contributed by atoms with Gasteiger partial charge in [0.25, 0.3) is 0 Å². The SMILES string of the molecule is CC(=O)Cl.Cl.N[C@@H](Cc1ccccc1)C(=O)O. The highest BCUT2D eigenvalue weighted by Crippen LogP contribution is 2.01. The molecule has 4 nitrogen and oxygen atoms in total. The molecule has 1 rings (SSSR count). The van der Waals surface area contributed by atoms with Gasteiger partial charge in [0.05, 0.1) is 0 Å². The molecule has 1 aromatic rings. The van der Waals surface area contributed by atoms with E-state index in [0.29, 0.717) is 6.42 Å². The van der Waals surface area contributed by atoms with Gasteiger partial charge in [0, 0.05) is 6.92 Å². The summed E-state index contributed by atoms with van der Waals surface area (Å²) < 4.78 is 0. The quantitative estimate of drug-likeness (QED) is 0.828. The predicted molar refractivity (Wildman–Crippen MR) is 69.5 cm³/mol. The van der Waals surface area contributed by atoms with Crippen molar-refractivity contribution < 1.29 is 14.7 Å². The lowest BCUT2D eigenvalue weighted by atomic mass is 10.1. The van der Waals surface area contributed by atoms with E-state index in [1.807, 2.05) is 30.3 Å². The van der Waals surface area contributed by atoms with Crippen LogP contribution >= 0.6 is 24.0 Å². The Morgan fingerprint density at radius 2 is 1.76 bits per heavy atom. The number of carbonyl (C=O) groups is 2. The third-order valence-corrected chi connectivity index (χ3v) is 1.62. The minimum Gasteiger partial charge on any atom is -0.480 e. The fourth-order valence-corrected chi connectivity index (χ4v) is 0.955. The molecule has 0 fully saturated rings. The molecular weight excluding hydrogens is 265 g/mol. The Bertz CT molecular complexity index is 340. The molecule has 3 N–H and O–H groups in total. The minimum atomic E-state index is -0.959. The zero-order valence-corrected chi connectivity index (χ0v) is 10.9. The second-order valence-corrected chi connectivity index (χ2v) is 3.64. The van der Waals surface area contributed by atoms with Gasteiger partial charge in [-0.2, -0.15) is 0 Å². The summed E-state index contributed by atoms with van der Waals surface area (Å²) in [5.74, 6) is -0.959. The van der Waals surface area contributed by atoms with Crippen LogP contribution < -0.4 is 5.73 Å². The molecule has 0 spiro atoms. The number of aliphatic carboxylic acids is 1. The average molecular weight is 280 g/mol. The van der Waals surface area contributed by atoms with Gasteiger partial charge in [-0.05, 0) is 23.6 Å². The first kappa shape index (κ1) is 18.3. The van der Waals surface area contributed by atoms with Crippen LogP contribution in [0.3, 0.4) is 0 Å². The van der Waals surface area contributed by atoms with Crippen molar-refractivity contribution in [1.29, 1.82) is 0 Å². The lowest BCUT2D eigenvalue weighted by Gasteiger charge is -2.04. The Morgan fingerprint density at radius 3 is 2.12 bits per heavy atom. The number of carboxylic acid groups (broad SMARTS) is 1. The molecule has 0 aromatic heterocycles. The van der Waals surface area contributed by atoms with Crippen molar-refractivity contribution in [2.24, 2.45) is 5.73 Å². The third kappa shape index (κ3) is 11.2. The smallest absolute Gasteiger partial charge is 0.320 e. The largest absolute Gasteiger partial charge is 0.480 e. The van der Waals surface area contributed by atoms with E-state index in [9.17, 15) is 9.59 Å². The Labute approximate surface area is 111 Å². The number of rotatable bonds is 3. The van der Waals surface area contributed by atoms with Crippen LogP contribution in [0.25, 0.3) is 0 Å². The van der Waals surface area contributed by atoms with Crippen LogP contribution in [0.1, 0.15) is 12.5 Å². The van der Waals surface area contributed by atoms with Crippen LogP contribution in [0.4, 0.5) is 0 Å². The lowest BCUT2D eigenvalue weighted by Crippen LogP contribution is -2.32. The Morgan fingerprint density at radius 1 is 1.35 bits per heavy atom. The zero-order valence-electron chi connectivity index (χ0n) is 9.30. The van der Waals surface area contributed by atoms with Gasteiger partial charge in [-0.1, -0.05) is 30.3 Å². The first-order valence-electron chi connectivity index (χ1n) is 4.62. The normalized spacial score (nSPS) is 10.3. The summed E-state index contributed by atoms with van der Waals surface area (Å²) in [6.45, 7) is 1.29. The molecule has 0 amide bonds. The molecule has 0 aliphatic heterocycles.